The van der Waals surface area contributed by atoms with Gasteiger partial charge in [0.2, 0.25) is 5.91 Å². The third-order valence-electron chi connectivity index (χ3n) is 2.87. The lowest BCUT2D eigenvalue weighted by molar-refractivity contribution is -0.134. The number of furan rings is 1. The minimum Gasteiger partial charge on any atom is -0.464 e. The molecule has 0 radical (unpaired) electrons. The van der Waals surface area contributed by atoms with Crippen molar-refractivity contribution in [1.82, 2.24) is 4.90 Å². The summed E-state index contributed by atoms with van der Waals surface area (Å²) in [6.45, 7) is 3.91. The molecular weight excluding hydrogens is 228 g/mol. The standard InChI is InChI=1S/C14H18N2O2/c1-14(2,15)13(17)16(3)8-10-9-18-12-7-5-4-6-11(10)12/h4-7,9H,8,15H2,1-3H3. The number of hydrogen-bond acceptors (Lipinski definition) is 3. The van der Waals surface area contributed by atoms with E-state index in [1.807, 2.05) is 24.3 Å². The van der Waals surface area contributed by atoms with Crippen LogP contribution in [0.4, 0.5) is 0 Å². The number of rotatable bonds is 3. The highest BCUT2D eigenvalue weighted by Crippen LogP contribution is 2.22. The molecule has 0 bridgehead atoms. The van der Waals surface area contributed by atoms with Crippen LogP contribution in [0.25, 0.3) is 11.0 Å². The summed E-state index contributed by atoms with van der Waals surface area (Å²) in [6.07, 6.45) is 1.69. The molecule has 4 nitrogen and oxygen atoms in total. The molecule has 18 heavy (non-hydrogen) atoms. The second-order valence-electron chi connectivity index (χ2n) is 5.14. The van der Waals surface area contributed by atoms with Gasteiger partial charge in [0.25, 0.3) is 0 Å². The second-order valence-corrected chi connectivity index (χ2v) is 5.14. The molecule has 0 saturated heterocycles. The minimum absolute atomic E-state index is 0.0900. The summed E-state index contributed by atoms with van der Waals surface area (Å²) in [5.41, 5.74) is 6.78. The van der Waals surface area contributed by atoms with E-state index in [1.54, 1.807) is 32.1 Å². The molecule has 1 heterocycles. The zero-order chi connectivity index (χ0) is 13.3. The Kier molecular flexibility index (Phi) is 3.13. The van der Waals surface area contributed by atoms with Crippen LogP contribution in [0.15, 0.2) is 34.9 Å². The highest BCUT2D eigenvalue weighted by molar-refractivity contribution is 5.86. The molecule has 4 heteroatoms. The third kappa shape index (κ3) is 2.38. The van der Waals surface area contributed by atoms with E-state index in [-0.39, 0.29) is 5.91 Å². The number of nitrogens with zero attached hydrogens (tertiary/aromatic N) is 1. The summed E-state index contributed by atoms with van der Waals surface area (Å²) in [5.74, 6) is -0.0900. The van der Waals surface area contributed by atoms with Crippen molar-refractivity contribution in [2.45, 2.75) is 25.9 Å². The van der Waals surface area contributed by atoms with E-state index in [9.17, 15) is 4.79 Å². The van der Waals surface area contributed by atoms with Gasteiger partial charge in [-0.3, -0.25) is 4.79 Å². The average molecular weight is 246 g/mol. The van der Waals surface area contributed by atoms with Gasteiger partial charge in [-0.2, -0.15) is 0 Å². The monoisotopic (exact) mass is 246 g/mol. The number of benzene rings is 1. The van der Waals surface area contributed by atoms with Crippen LogP contribution in [0.5, 0.6) is 0 Å². The Balaban J connectivity index is 2.22. The SMILES string of the molecule is CN(Cc1coc2ccccc12)C(=O)C(C)(C)N. The van der Waals surface area contributed by atoms with Crippen LogP contribution in [0, 0.1) is 0 Å². The molecule has 1 amide bonds. The van der Waals surface area contributed by atoms with Crippen molar-refractivity contribution in [3.05, 3.63) is 36.1 Å². The maximum absolute atomic E-state index is 12.0. The van der Waals surface area contributed by atoms with Crippen molar-refractivity contribution in [1.29, 1.82) is 0 Å². The number of fused-ring (bicyclic) bond motifs is 1. The average Bonchev–Trinajstić information content (AvgIpc) is 2.70. The predicted octanol–water partition coefficient (Wildman–Crippen LogP) is 2.13. The molecule has 0 aliphatic carbocycles. The van der Waals surface area contributed by atoms with E-state index in [4.69, 9.17) is 10.2 Å². The summed E-state index contributed by atoms with van der Waals surface area (Å²) < 4.78 is 5.45. The van der Waals surface area contributed by atoms with Crippen LogP contribution in [-0.2, 0) is 11.3 Å². The van der Waals surface area contributed by atoms with E-state index in [0.29, 0.717) is 6.54 Å². The maximum Gasteiger partial charge on any atom is 0.242 e. The number of carbonyl (C=O) groups excluding carboxylic acids is 1. The Bertz CT molecular complexity index is 566. The zero-order valence-corrected chi connectivity index (χ0v) is 10.9. The first-order valence-electron chi connectivity index (χ1n) is 5.89. The van der Waals surface area contributed by atoms with Gasteiger partial charge < -0.3 is 15.1 Å². The van der Waals surface area contributed by atoms with E-state index in [0.717, 1.165) is 16.5 Å². The number of amides is 1. The summed E-state index contributed by atoms with van der Waals surface area (Å²) in [5, 5.41) is 1.03. The van der Waals surface area contributed by atoms with Crippen molar-refractivity contribution in [3.63, 3.8) is 0 Å². The van der Waals surface area contributed by atoms with E-state index in [2.05, 4.69) is 0 Å². The molecule has 0 aliphatic heterocycles. The van der Waals surface area contributed by atoms with Gasteiger partial charge >= 0.3 is 0 Å². The van der Waals surface area contributed by atoms with Gasteiger partial charge in [0, 0.05) is 24.5 Å². The second kappa shape index (κ2) is 4.46. The van der Waals surface area contributed by atoms with Gasteiger partial charge in [0.15, 0.2) is 0 Å². The van der Waals surface area contributed by atoms with E-state index < -0.39 is 5.54 Å². The molecule has 0 spiro atoms. The first-order chi connectivity index (χ1) is 8.39. The highest BCUT2D eigenvalue weighted by Gasteiger charge is 2.26. The lowest BCUT2D eigenvalue weighted by Gasteiger charge is -2.25. The Labute approximate surface area is 106 Å². The fourth-order valence-electron chi connectivity index (χ4n) is 1.97. The molecule has 2 N–H and O–H groups in total. The fraction of sp³-hybridized carbons (Fsp3) is 0.357. The van der Waals surface area contributed by atoms with Gasteiger partial charge in [0.05, 0.1) is 11.8 Å². The van der Waals surface area contributed by atoms with E-state index in [1.165, 1.54) is 0 Å². The van der Waals surface area contributed by atoms with Gasteiger partial charge in [0.1, 0.15) is 5.58 Å². The lowest BCUT2D eigenvalue weighted by Crippen LogP contribution is -2.49. The van der Waals surface area contributed by atoms with Crippen LogP contribution in [0.2, 0.25) is 0 Å². The molecule has 0 aliphatic rings. The normalized spacial score (nSPS) is 11.8. The first kappa shape index (κ1) is 12.6. The van der Waals surface area contributed by atoms with Crippen molar-refractivity contribution >= 4 is 16.9 Å². The summed E-state index contributed by atoms with van der Waals surface area (Å²) in [4.78, 5) is 13.6. The van der Waals surface area contributed by atoms with Gasteiger partial charge in [-0.05, 0) is 19.9 Å². The van der Waals surface area contributed by atoms with Crippen LogP contribution in [0.1, 0.15) is 19.4 Å². The largest absolute Gasteiger partial charge is 0.464 e. The Morgan fingerprint density at radius 2 is 2.06 bits per heavy atom. The van der Waals surface area contributed by atoms with Crippen molar-refractivity contribution < 1.29 is 9.21 Å². The van der Waals surface area contributed by atoms with Gasteiger partial charge in [-0.25, -0.2) is 0 Å². The summed E-state index contributed by atoms with van der Waals surface area (Å²) in [6, 6.07) is 7.77. The number of hydrogen-bond donors (Lipinski definition) is 1. The number of carbonyl (C=O) groups is 1. The number of para-hydroxylation sites is 1. The van der Waals surface area contributed by atoms with Gasteiger partial charge in [-0.15, -0.1) is 0 Å². The minimum atomic E-state index is -0.853. The Hall–Kier alpha value is -1.81. The summed E-state index contributed by atoms with van der Waals surface area (Å²) >= 11 is 0. The topological polar surface area (TPSA) is 59.5 Å². The molecule has 0 unspecified atom stereocenters. The molecule has 96 valence electrons. The molecule has 0 atom stereocenters. The van der Waals surface area contributed by atoms with E-state index >= 15 is 0 Å². The van der Waals surface area contributed by atoms with Crippen LogP contribution >= 0.6 is 0 Å². The molecule has 1 aromatic carbocycles. The Morgan fingerprint density at radius 1 is 1.39 bits per heavy atom. The number of likely N-dealkylation sites (N-methyl/N-ethyl adjacent to an activating group) is 1. The zero-order valence-electron chi connectivity index (χ0n) is 10.9. The van der Waals surface area contributed by atoms with Crippen molar-refractivity contribution in [3.8, 4) is 0 Å². The maximum atomic E-state index is 12.0. The van der Waals surface area contributed by atoms with Crippen molar-refractivity contribution in [2.24, 2.45) is 5.73 Å². The Morgan fingerprint density at radius 3 is 2.72 bits per heavy atom. The number of nitrogens with two attached hydrogens (primary N) is 1. The molecule has 0 fully saturated rings. The van der Waals surface area contributed by atoms with Crippen LogP contribution in [0.3, 0.4) is 0 Å². The summed E-state index contributed by atoms with van der Waals surface area (Å²) in [7, 11) is 1.75. The molecule has 2 rings (SSSR count). The van der Waals surface area contributed by atoms with Crippen LogP contribution in [-0.4, -0.2) is 23.4 Å². The third-order valence-corrected chi connectivity index (χ3v) is 2.87. The highest BCUT2D eigenvalue weighted by atomic mass is 16.3. The van der Waals surface area contributed by atoms with Gasteiger partial charge in [-0.1, -0.05) is 18.2 Å². The van der Waals surface area contributed by atoms with Crippen LogP contribution < -0.4 is 5.73 Å². The fourth-order valence-corrected chi connectivity index (χ4v) is 1.97. The van der Waals surface area contributed by atoms with Crippen molar-refractivity contribution in [2.75, 3.05) is 7.05 Å². The molecule has 1 aromatic heterocycles. The predicted molar refractivity (Wildman–Crippen MR) is 71.0 cm³/mol. The molecule has 2 aromatic rings. The smallest absolute Gasteiger partial charge is 0.242 e. The molecule has 0 saturated carbocycles. The lowest BCUT2D eigenvalue weighted by atomic mass is 10.1. The molecular formula is C14H18N2O2. The quantitative estimate of drug-likeness (QED) is 0.902. The first-order valence-corrected chi connectivity index (χ1v) is 5.89.